The second-order valence-corrected chi connectivity index (χ2v) is 2.81. The number of hydrogen-bond acceptors (Lipinski definition) is 2. The van der Waals surface area contributed by atoms with Crippen molar-refractivity contribution in [2.45, 2.75) is 5.75 Å². The molecule has 0 unspecified atom stereocenters. The van der Waals surface area contributed by atoms with Gasteiger partial charge in [0.15, 0.2) is 0 Å². The zero-order valence-corrected chi connectivity index (χ0v) is 7.82. The third kappa shape index (κ3) is 1.82. The molecule has 1 aromatic rings. The minimum absolute atomic E-state index is 0.638. The third-order valence-corrected chi connectivity index (χ3v) is 2.06. The van der Waals surface area contributed by atoms with Crippen LogP contribution in [-0.4, -0.2) is 7.11 Å². The summed E-state index contributed by atoms with van der Waals surface area (Å²) in [5.41, 5.74) is 1.02. The molecule has 11 heavy (non-hydrogen) atoms. The molecular weight excluding hydrogens is 180 g/mol. The van der Waals surface area contributed by atoms with Crippen molar-refractivity contribution in [3.05, 3.63) is 28.8 Å². The fourth-order valence-corrected chi connectivity index (χ4v) is 1.43. The average molecular weight is 189 g/mol. The van der Waals surface area contributed by atoms with Gasteiger partial charge < -0.3 is 4.74 Å². The van der Waals surface area contributed by atoms with Gasteiger partial charge in [0.05, 0.1) is 12.1 Å². The molecule has 0 fully saturated rings. The van der Waals surface area contributed by atoms with Crippen LogP contribution in [0, 0.1) is 0 Å². The van der Waals surface area contributed by atoms with Crippen molar-refractivity contribution in [1.82, 2.24) is 0 Å². The molecule has 0 aromatic heterocycles. The maximum absolute atomic E-state index is 5.85. The first-order valence-corrected chi connectivity index (χ1v) is 4.23. The maximum Gasteiger partial charge on any atom is 0.141 e. The van der Waals surface area contributed by atoms with E-state index in [0.29, 0.717) is 10.8 Å². The molecule has 0 heterocycles. The summed E-state index contributed by atoms with van der Waals surface area (Å²) in [5, 5.41) is 0.638. The molecule has 0 amide bonds. The summed E-state index contributed by atoms with van der Waals surface area (Å²) in [6, 6.07) is 5.63. The molecule has 0 aliphatic heterocycles. The zero-order chi connectivity index (χ0) is 8.27. The maximum atomic E-state index is 5.85. The van der Waals surface area contributed by atoms with Gasteiger partial charge in [-0.25, -0.2) is 0 Å². The highest BCUT2D eigenvalue weighted by atomic mass is 35.5. The summed E-state index contributed by atoms with van der Waals surface area (Å²) < 4.78 is 5.09. The Bertz CT molecular complexity index is 250. The van der Waals surface area contributed by atoms with Crippen LogP contribution in [-0.2, 0) is 5.75 Å². The predicted octanol–water partition coefficient (Wildman–Crippen LogP) is 2.78. The van der Waals surface area contributed by atoms with E-state index >= 15 is 0 Å². The van der Waals surface area contributed by atoms with Gasteiger partial charge >= 0.3 is 0 Å². The third-order valence-electron chi connectivity index (χ3n) is 1.42. The Labute approximate surface area is 76.7 Å². The number of para-hydroxylation sites is 1. The standard InChI is InChI=1S/C8H9ClOS/c1-10-8-6(5-11)3-2-4-7(8)9/h2-4,11H,5H2,1H3. The Balaban J connectivity index is 3.13. The Kier molecular flexibility index (Phi) is 3.09. The van der Waals surface area contributed by atoms with E-state index in [1.807, 2.05) is 12.1 Å². The van der Waals surface area contributed by atoms with Crippen molar-refractivity contribution in [2.24, 2.45) is 0 Å². The molecule has 60 valence electrons. The normalized spacial score (nSPS) is 9.73. The molecule has 1 rings (SSSR count). The van der Waals surface area contributed by atoms with Gasteiger partial charge in [-0.1, -0.05) is 23.7 Å². The Morgan fingerprint density at radius 1 is 1.55 bits per heavy atom. The highest BCUT2D eigenvalue weighted by Crippen LogP contribution is 2.28. The number of halogens is 1. The highest BCUT2D eigenvalue weighted by Gasteiger charge is 2.03. The van der Waals surface area contributed by atoms with Gasteiger partial charge in [0.25, 0.3) is 0 Å². The SMILES string of the molecule is COc1c(Cl)cccc1CS. The number of ether oxygens (including phenoxy) is 1. The Morgan fingerprint density at radius 3 is 2.73 bits per heavy atom. The van der Waals surface area contributed by atoms with Crippen LogP contribution in [0.25, 0.3) is 0 Å². The second-order valence-electron chi connectivity index (χ2n) is 2.09. The Morgan fingerprint density at radius 2 is 2.27 bits per heavy atom. The smallest absolute Gasteiger partial charge is 0.141 e. The summed E-state index contributed by atoms with van der Waals surface area (Å²) in [5.74, 6) is 1.37. The Hall–Kier alpha value is -0.340. The van der Waals surface area contributed by atoms with Crippen LogP contribution >= 0.6 is 24.2 Å². The molecule has 1 nitrogen and oxygen atoms in total. The molecule has 0 spiro atoms. The second kappa shape index (κ2) is 3.88. The van der Waals surface area contributed by atoms with E-state index in [9.17, 15) is 0 Å². The number of methoxy groups -OCH3 is 1. The largest absolute Gasteiger partial charge is 0.495 e. The first-order valence-electron chi connectivity index (χ1n) is 3.22. The van der Waals surface area contributed by atoms with Crippen LogP contribution in [0.15, 0.2) is 18.2 Å². The van der Waals surface area contributed by atoms with Gasteiger partial charge in [0.2, 0.25) is 0 Å². The van der Waals surface area contributed by atoms with Crippen LogP contribution < -0.4 is 4.74 Å². The number of rotatable bonds is 2. The van der Waals surface area contributed by atoms with Crippen LogP contribution in [0.3, 0.4) is 0 Å². The van der Waals surface area contributed by atoms with Gasteiger partial charge in [0.1, 0.15) is 5.75 Å². The van der Waals surface area contributed by atoms with Gasteiger partial charge in [-0.05, 0) is 6.07 Å². The summed E-state index contributed by atoms with van der Waals surface area (Å²) >= 11 is 9.99. The van der Waals surface area contributed by atoms with Crippen molar-refractivity contribution >= 4 is 24.2 Å². The first-order chi connectivity index (χ1) is 5.29. The number of thiol groups is 1. The molecule has 1 aromatic carbocycles. The molecule has 0 atom stereocenters. The predicted molar refractivity (Wildman–Crippen MR) is 50.7 cm³/mol. The van der Waals surface area contributed by atoms with Crippen LogP contribution in [0.4, 0.5) is 0 Å². The molecule has 0 radical (unpaired) electrons. The van der Waals surface area contributed by atoms with Crippen LogP contribution in [0.5, 0.6) is 5.75 Å². The van der Waals surface area contributed by atoms with Gasteiger partial charge in [-0.2, -0.15) is 12.6 Å². The quantitative estimate of drug-likeness (QED) is 0.703. The molecule has 0 saturated heterocycles. The summed E-state index contributed by atoms with van der Waals surface area (Å²) in [4.78, 5) is 0. The summed E-state index contributed by atoms with van der Waals surface area (Å²) in [6.07, 6.45) is 0. The van der Waals surface area contributed by atoms with Crippen molar-refractivity contribution in [1.29, 1.82) is 0 Å². The van der Waals surface area contributed by atoms with Gasteiger partial charge in [-0.15, -0.1) is 0 Å². The van der Waals surface area contributed by atoms with Crippen molar-refractivity contribution < 1.29 is 4.74 Å². The lowest BCUT2D eigenvalue weighted by Crippen LogP contribution is -1.89. The number of hydrogen-bond donors (Lipinski definition) is 1. The van der Waals surface area contributed by atoms with Crippen molar-refractivity contribution in [3.63, 3.8) is 0 Å². The molecule has 0 bridgehead atoms. The highest BCUT2D eigenvalue weighted by molar-refractivity contribution is 7.79. The lowest BCUT2D eigenvalue weighted by molar-refractivity contribution is 0.411. The van der Waals surface area contributed by atoms with Gasteiger partial charge in [0, 0.05) is 11.3 Å². The average Bonchev–Trinajstić information content (AvgIpc) is 2.04. The van der Waals surface area contributed by atoms with Crippen molar-refractivity contribution in [3.8, 4) is 5.75 Å². The van der Waals surface area contributed by atoms with E-state index in [0.717, 1.165) is 11.3 Å². The fraction of sp³-hybridized carbons (Fsp3) is 0.250. The molecule has 0 aliphatic carbocycles. The molecule has 0 saturated carbocycles. The molecule has 0 aliphatic rings. The van der Waals surface area contributed by atoms with E-state index in [1.165, 1.54) is 0 Å². The zero-order valence-electron chi connectivity index (χ0n) is 6.17. The molecule has 0 N–H and O–H groups in total. The summed E-state index contributed by atoms with van der Waals surface area (Å²) in [6.45, 7) is 0. The van der Waals surface area contributed by atoms with Gasteiger partial charge in [-0.3, -0.25) is 0 Å². The minimum Gasteiger partial charge on any atom is -0.495 e. The molecule has 3 heteroatoms. The number of benzene rings is 1. The monoisotopic (exact) mass is 188 g/mol. The van der Waals surface area contributed by atoms with E-state index in [1.54, 1.807) is 13.2 Å². The lowest BCUT2D eigenvalue weighted by Gasteiger charge is -2.06. The van der Waals surface area contributed by atoms with E-state index < -0.39 is 0 Å². The minimum atomic E-state index is 0.638. The van der Waals surface area contributed by atoms with E-state index in [4.69, 9.17) is 16.3 Å². The van der Waals surface area contributed by atoms with E-state index in [-0.39, 0.29) is 0 Å². The van der Waals surface area contributed by atoms with Crippen LogP contribution in [0.1, 0.15) is 5.56 Å². The first kappa shape index (κ1) is 8.75. The van der Waals surface area contributed by atoms with Crippen LogP contribution in [0.2, 0.25) is 5.02 Å². The van der Waals surface area contributed by atoms with Crippen molar-refractivity contribution in [2.75, 3.05) is 7.11 Å². The lowest BCUT2D eigenvalue weighted by atomic mass is 10.2. The molecular formula is C8H9ClOS. The topological polar surface area (TPSA) is 9.23 Å². The summed E-state index contributed by atoms with van der Waals surface area (Å²) in [7, 11) is 1.61. The fourth-order valence-electron chi connectivity index (χ4n) is 0.907. The van der Waals surface area contributed by atoms with E-state index in [2.05, 4.69) is 12.6 Å².